The van der Waals surface area contributed by atoms with Gasteiger partial charge in [0.25, 0.3) is 0 Å². The summed E-state index contributed by atoms with van der Waals surface area (Å²) in [5.41, 5.74) is 1.16. The van der Waals surface area contributed by atoms with E-state index in [1.807, 2.05) is 19.1 Å². The maximum absolute atomic E-state index is 11.8. The van der Waals surface area contributed by atoms with E-state index in [1.165, 1.54) is 18.4 Å². The molecule has 0 radical (unpaired) electrons. The first-order chi connectivity index (χ1) is 9.60. The predicted molar refractivity (Wildman–Crippen MR) is 76.7 cm³/mol. The van der Waals surface area contributed by atoms with E-state index in [2.05, 4.69) is 4.98 Å². The van der Waals surface area contributed by atoms with Gasteiger partial charge in [-0.1, -0.05) is 0 Å². The quantitative estimate of drug-likeness (QED) is 0.811. The molecular weight excluding hydrogens is 278 g/mol. The van der Waals surface area contributed by atoms with Crippen LogP contribution in [0.4, 0.5) is 0 Å². The SMILES string of the molecule is COC(=O)c1nc(C)sc1-c1ccc(OC)c(OC)c1. The average molecular weight is 293 g/mol. The van der Waals surface area contributed by atoms with Gasteiger partial charge in [0.05, 0.1) is 31.2 Å². The van der Waals surface area contributed by atoms with E-state index in [4.69, 9.17) is 14.2 Å². The van der Waals surface area contributed by atoms with Crippen LogP contribution >= 0.6 is 11.3 Å². The first kappa shape index (κ1) is 14.3. The van der Waals surface area contributed by atoms with Crippen LogP contribution in [-0.4, -0.2) is 32.3 Å². The molecule has 1 aromatic carbocycles. The molecule has 0 aliphatic heterocycles. The number of aryl methyl sites for hydroxylation is 1. The molecule has 106 valence electrons. The van der Waals surface area contributed by atoms with Gasteiger partial charge in [-0.05, 0) is 30.7 Å². The summed E-state index contributed by atoms with van der Waals surface area (Å²) in [5, 5.41) is 0.801. The van der Waals surface area contributed by atoms with Gasteiger partial charge in [-0.15, -0.1) is 11.3 Å². The Morgan fingerprint density at radius 2 is 1.85 bits per heavy atom. The number of carbonyl (C=O) groups excluding carboxylic acids is 1. The van der Waals surface area contributed by atoms with Crippen molar-refractivity contribution in [2.75, 3.05) is 21.3 Å². The minimum Gasteiger partial charge on any atom is -0.493 e. The Balaban J connectivity index is 2.54. The Labute approximate surface area is 121 Å². The van der Waals surface area contributed by atoms with Gasteiger partial charge in [0.2, 0.25) is 0 Å². The minimum absolute atomic E-state index is 0.321. The van der Waals surface area contributed by atoms with E-state index < -0.39 is 5.97 Å². The van der Waals surface area contributed by atoms with Crippen LogP contribution in [0.5, 0.6) is 11.5 Å². The maximum Gasteiger partial charge on any atom is 0.358 e. The number of carbonyl (C=O) groups is 1. The molecule has 0 aliphatic carbocycles. The molecule has 0 saturated heterocycles. The summed E-state index contributed by atoms with van der Waals surface area (Å²) in [7, 11) is 4.49. The molecule has 0 unspecified atom stereocenters. The van der Waals surface area contributed by atoms with E-state index in [9.17, 15) is 4.79 Å². The van der Waals surface area contributed by atoms with E-state index in [1.54, 1.807) is 20.3 Å². The van der Waals surface area contributed by atoms with Gasteiger partial charge in [-0.3, -0.25) is 0 Å². The lowest BCUT2D eigenvalue weighted by Crippen LogP contribution is -2.03. The Bertz CT molecular complexity index is 636. The zero-order chi connectivity index (χ0) is 14.7. The number of thiazole rings is 1. The largest absolute Gasteiger partial charge is 0.493 e. The number of nitrogens with zero attached hydrogens (tertiary/aromatic N) is 1. The molecule has 20 heavy (non-hydrogen) atoms. The molecule has 2 aromatic rings. The van der Waals surface area contributed by atoms with Crippen molar-refractivity contribution in [3.05, 3.63) is 28.9 Å². The molecule has 0 spiro atoms. The molecule has 0 saturated carbocycles. The van der Waals surface area contributed by atoms with Crippen molar-refractivity contribution in [3.63, 3.8) is 0 Å². The Morgan fingerprint density at radius 3 is 2.45 bits per heavy atom. The van der Waals surface area contributed by atoms with Crippen LogP contribution in [0.15, 0.2) is 18.2 Å². The highest BCUT2D eigenvalue weighted by molar-refractivity contribution is 7.15. The zero-order valence-corrected chi connectivity index (χ0v) is 12.5. The molecule has 6 heteroatoms. The molecule has 2 rings (SSSR count). The van der Waals surface area contributed by atoms with E-state index in [0.29, 0.717) is 17.2 Å². The second-order valence-corrected chi connectivity index (χ2v) is 5.18. The van der Waals surface area contributed by atoms with Crippen LogP contribution in [0.25, 0.3) is 10.4 Å². The van der Waals surface area contributed by atoms with E-state index in [-0.39, 0.29) is 0 Å². The predicted octanol–water partition coefficient (Wildman–Crippen LogP) is 2.92. The third-order valence-electron chi connectivity index (χ3n) is 2.76. The van der Waals surface area contributed by atoms with Crippen molar-refractivity contribution < 1.29 is 19.0 Å². The summed E-state index contributed by atoms with van der Waals surface area (Å²) >= 11 is 1.44. The van der Waals surface area contributed by atoms with E-state index >= 15 is 0 Å². The molecule has 0 amide bonds. The second-order valence-electron chi connectivity index (χ2n) is 3.97. The summed E-state index contributed by atoms with van der Waals surface area (Å²) in [6.45, 7) is 1.85. The van der Waals surface area contributed by atoms with Gasteiger partial charge in [0, 0.05) is 0 Å². The van der Waals surface area contributed by atoms with Crippen LogP contribution in [0, 0.1) is 6.92 Å². The van der Waals surface area contributed by atoms with Crippen molar-refractivity contribution in [2.24, 2.45) is 0 Å². The number of methoxy groups -OCH3 is 3. The highest BCUT2D eigenvalue weighted by Crippen LogP contribution is 2.36. The van der Waals surface area contributed by atoms with Crippen molar-refractivity contribution in [2.45, 2.75) is 6.92 Å². The number of hydrogen-bond acceptors (Lipinski definition) is 6. The first-order valence-electron chi connectivity index (χ1n) is 5.88. The third-order valence-corrected chi connectivity index (χ3v) is 3.78. The summed E-state index contributed by atoms with van der Waals surface area (Å²) in [4.78, 5) is 16.8. The summed E-state index contributed by atoms with van der Waals surface area (Å²) < 4.78 is 15.2. The number of hydrogen-bond donors (Lipinski definition) is 0. The maximum atomic E-state index is 11.8. The van der Waals surface area contributed by atoms with Gasteiger partial charge in [0.1, 0.15) is 0 Å². The van der Waals surface area contributed by atoms with Gasteiger partial charge in [-0.25, -0.2) is 9.78 Å². The minimum atomic E-state index is -0.445. The van der Waals surface area contributed by atoms with Crippen LogP contribution in [0.1, 0.15) is 15.5 Å². The number of ether oxygens (including phenoxy) is 3. The van der Waals surface area contributed by atoms with Crippen LogP contribution in [0.3, 0.4) is 0 Å². The average Bonchev–Trinajstić information content (AvgIpc) is 2.87. The Morgan fingerprint density at radius 1 is 1.15 bits per heavy atom. The van der Waals surface area contributed by atoms with Crippen molar-refractivity contribution >= 4 is 17.3 Å². The van der Waals surface area contributed by atoms with E-state index in [0.717, 1.165) is 15.4 Å². The fraction of sp³-hybridized carbons (Fsp3) is 0.286. The molecule has 0 bridgehead atoms. The lowest BCUT2D eigenvalue weighted by atomic mass is 10.1. The molecule has 0 aliphatic rings. The highest BCUT2D eigenvalue weighted by Gasteiger charge is 2.19. The number of aromatic nitrogens is 1. The monoisotopic (exact) mass is 293 g/mol. The van der Waals surface area contributed by atoms with Gasteiger partial charge in [-0.2, -0.15) is 0 Å². The number of esters is 1. The molecule has 1 heterocycles. The van der Waals surface area contributed by atoms with Gasteiger partial charge in [0.15, 0.2) is 17.2 Å². The molecular formula is C14H15NO4S. The normalized spacial score (nSPS) is 10.2. The Hall–Kier alpha value is -2.08. The fourth-order valence-corrected chi connectivity index (χ4v) is 2.74. The first-order valence-corrected chi connectivity index (χ1v) is 6.70. The Kier molecular flexibility index (Phi) is 4.24. The summed E-state index contributed by atoms with van der Waals surface area (Å²) in [6.07, 6.45) is 0. The molecule has 1 aromatic heterocycles. The lowest BCUT2D eigenvalue weighted by Gasteiger charge is -2.09. The second kappa shape index (κ2) is 5.92. The summed E-state index contributed by atoms with van der Waals surface area (Å²) in [5.74, 6) is 0.795. The fourth-order valence-electron chi connectivity index (χ4n) is 1.84. The van der Waals surface area contributed by atoms with Crippen molar-refractivity contribution in [1.29, 1.82) is 0 Å². The van der Waals surface area contributed by atoms with Crippen LogP contribution in [-0.2, 0) is 4.74 Å². The summed E-state index contributed by atoms with van der Waals surface area (Å²) in [6, 6.07) is 5.48. The molecule has 0 fully saturated rings. The van der Waals surface area contributed by atoms with Crippen molar-refractivity contribution in [1.82, 2.24) is 4.98 Å². The standard InChI is InChI=1S/C14H15NO4S/c1-8-15-12(14(16)19-4)13(20-8)9-5-6-10(17-2)11(7-9)18-3/h5-7H,1-4H3. The van der Waals surface area contributed by atoms with Gasteiger partial charge >= 0.3 is 5.97 Å². The van der Waals surface area contributed by atoms with Gasteiger partial charge < -0.3 is 14.2 Å². The third kappa shape index (κ3) is 2.60. The van der Waals surface area contributed by atoms with Crippen LogP contribution in [0.2, 0.25) is 0 Å². The number of benzene rings is 1. The molecule has 5 nitrogen and oxygen atoms in total. The topological polar surface area (TPSA) is 57.7 Å². The molecule has 0 atom stereocenters. The number of rotatable bonds is 4. The lowest BCUT2D eigenvalue weighted by molar-refractivity contribution is 0.0595. The zero-order valence-electron chi connectivity index (χ0n) is 11.7. The van der Waals surface area contributed by atoms with Crippen molar-refractivity contribution in [3.8, 4) is 21.9 Å². The molecule has 0 N–H and O–H groups in total. The van der Waals surface area contributed by atoms with Crippen LogP contribution < -0.4 is 9.47 Å². The highest BCUT2D eigenvalue weighted by atomic mass is 32.1. The smallest absolute Gasteiger partial charge is 0.358 e.